The Morgan fingerprint density at radius 3 is 2.45 bits per heavy atom. The third-order valence-electron chi connectivity index (χ3n) is 4.79. The molecule has 1 aromatic carbocycles. The van der Waals surface area contributed by atoms with Crippen molar-refractivity contribution < 1.29 is 29.4 Å². The van der Waals surface area contributed by atoms with Gasteiger partial charge < -0.3 is 31.5 Å². The fraction of sp³-hybridized carbons (Fsp3) is 0.474. The van der Waals surface area contributed by atoms with E-state index < -0.39 is 35.9 Å². The third kappa shape index (κ3) is 5.92. The maximum absolute atomic E-state index is 12.8. The Morgan fingerprint density at radius 2 is 1.86 bits per heavy atom. The molecule has 0 radical (unpaired) electrons. The number of likely N-dealkylation sites (tertiary alicyclic amines) is 1. The van der Waals surface area contributed by atoms with Gasteiger partial charge in [-0.3, -0.25) is 19.2 Å². The van der Waals surface area contributed by atoms with Crippen LogP contribution in [-0.2, 0) is 25.6 Å². The first kappa shape index (κ1) is 22.2. The molecule has 158 valence electrons. The summed E-state index contributed by atoms with van der Waals surface area (Å²) in [6, 6.07) is 3.19. The lowest BCUT2D eigenvalue weighted by atomic mass is 10.0. The van der Waals surface area contributed by atoms with Gasteiger partial charge in [-0.15, -0.1) is 0 Å². The normalized spacial score (nSPS) is 18.0. The Hall–Kier alpha value is -3.14. The number of aliphatic carboxylic acids is 1. The standard InChI is InChI=1S/C19H26N4O6/c1-11(19(28)29)21-17(26)14(9-12-4-6-13(24)7-5-12)22-18(27)15-3-2-8-23(15)16(25)10-20/h4-7,11,14-15,24H,2-3,8-10,20H2,1H3,(H,21,26)(H,22,27)(H,28,29)/t11-,14-,15-/m0/s1. The summed E-state index contributed by atoms with van der Waals surface area (Å²) in [6.07, 6.45) is 1.19. The minimum absolute atomic E-state index is 0.0557. The van der Waals surface area contributed by atoms with Crippen molar-refractivity contribution in [1.82, 2.24) is 15.5 Å². The molecule has 6 N–H and O–H groups in total. The number of nitrogens with zero attached hydrogens (tertiary/aromatic N) is 1. The van der Waals surface area contributed by atoms with Crippen molar-refractivity contribution >= 4 is 23.7 Å². The minimum Gasteiger partial charge on any atom is -0.508 e. The maximum Gasteiger partial charge on any atom is 0.325 e. The molecular formula is C19H26N4O6. The van der Waals surface area contributed by atoms with Crippen LogP contribution in [0.1, 0.15) is 25.3 Å². The smallest absolute Gasteiger partial charge is 0.325 e. The topological polar surface area (TPSA) is 162 Å². The second-order valence-corrected chi connectivity index (χ2v) is 6.95. The molecule has 10 nitrogen and oxygen atoms in total. The van der Waals surface area contributed by atoms with Gasteiger partial charge in [-0.05, 0) is 37.5 Å². The van der Waals surface area contributed by atoms with Crippen LogP contribution in [0.3, 0.4) is 0 Å². The number of hydrogen-bond acceptors (Lipinski definition) is 6. The number of phenols is 1. The number of benzene rings is 1. The van der Waals surface area contributed by atoms with Crippen LogP contribution in [0, 0.1) is 0 Å². The van der Waals surface area contributed by atoms with E-state index in [1.54, 1.807) is 12.1 Å². The molecule has 3 amide bonds. The number of carboxylic acids is 1. The van der Waals surface area contributed by atoms with Crippen molar-refractivity contribution in [3.8, 4) is 5.75 Å². The monoisotopic (exact) mass is 406 g/mol. The Morgan fingerprint density at radius 1 is 1.21 bits per heavy atom. The molecule has 1 fully saturated rings. The van der Waals surface area contributed by atoms with Crippen molar-refractivity contribution in [1.29, 1.82) is 0 Å². The van der Waals surface area contributed by atoms with Gasteiger partial charge in [0.2, 0.25) is 17.7 Å². The van der Waals surface area contributed by atoms with Gasteiger partial charge in [0.05, 0.1) is 6.54 Å². The first-order valence-corrected chi connectivity index (χ1v) is 9.34. The number of carbonyl (C=O) groups excluding carboxylic acids is 3. The van der Waals surface area contributed by atoms with Crippen molar-refractivity contribution in [3.63, 3.8) is 0 Å². The van der Waals surface area contributed by atoms with E-state index in [2.05, 4.69) is 10.6 Å². The highest BCUT2D eigenvalue weighted by molar-refractivity contribution is 5.94. The van der Waals surface area contributed by atoms with Gasteiger partial charge in [-0.1, -0.05) is 12.1 Å². The van der Waals surface area contributed by atoms with E-state index in [0.717, 1.165) is 0 Å². The second-order valence-electron chi connectivity index (χ2n) is 6.95. The number of nitrogens with two attached hydrogens (primary N) is 1. The van der Waals surface area contributed by atoms with E-state index in [0.29, 0.717) is 24.9 Å². The van der Waals surface area contributed by atoms with Crippen molar-refractivity contribution in [2.75, 3.05) is 13.1 Å². The van der Waals surface area contributed by atoms with Crippen LogP contribution < -0.4 is 16.4 Å². The molecular weight excluding hydrogens is 380 g/mol. The average molecular weight is 406 g/mol. The Bertz CT molecular complexity index is 766. The molecule has 29 heavy (non-hydrogen) atoms. The van der Waals surface area contributed by atoms with Crippen LogP contribution in [0.15, 0.2) is 24.3 Å². The fourth-order valence-corrected chi connectivity index (χ4v) is 3.18. The van der Waals surface area contributed by atoms with Crippen LogP contribution in [-0.4, -0.2) is 70.0 Å². The number of rotatable bonds is 8. The fourth-order valence-electron chi connectivity index (χ4n) is 3.18. The molecule has 0 unspecified atom stereocenters. The van der Waals surface area contributed by atoms with E-state index in [-0.39, 0.29) is 24.6 Å². The van der Waals surface area contributed by atoms with Crippen molar-refractivity contribution in [2.45, 2.75) is 44.3 Å². The number of hydrogen-bond donors (Lipinski definition) is 5. The molecule has 1 saturated heterocycles. The van der Waals surface area contributed by atoms with Gasteiger partial charge in [0.25, 0.3) is 0 Å². The van der Waals surface area contributed by atoms with E-state index in [1.165, 1.54) is 24.0 Å². The van der Waals surface area contributed by atoms with Crippen molar-refractivity contribution in [2.24, 2.45) is 5.73 Å². The molecule has 0 spiro atoms. The van der Waals surface area contributed by atoms with Gasteiger partial charge in [0.15, 0.2) is 0 Å². The number of carbonyl (C=O) groups is 4. The molecule has 1 aliphatic heterocycles. The average Bonchev–Trinajstić information content (AvgIpc) is 3.18. The van der Waals surface area contributed by atoms with Crippen LogP contribution >= 0.6 is 0 Å². The molecule has 0 bridgehead atoms. The zero-order valence-electron chi connectivity index (χ0n) is 16.1. The van der Waals surface area contributed by atoms with E-state index in [4.69, 9.17) is 10.8 Å². The summed E-state index contributed by atoms with van der Waals surface area (Å²) in [5.41, 5.74) is 6.06. The lowest BCUT2D eigenvalue weighted by Gasteiger charge is -2.26. The number of nitrogens with one attached hydrogen (secondary N) is 2. The van der Waals surface area contributed by atoms with Crippen LogP contribution in [0.25, 0.3) is 0 Å². The Kier molecular flexibility index (Phi) is 7.54. The summed E-state index contributed by atoms with van der Waals surface area (Å²) in [5.74, 6) is -2.65. The number of phenolic OH excluding ortho intramolecular Hbond substituents is 1. The second kappa shape index (κ2) is 9.87. The molecule has 0 aliphatic carbocycles. The first-order chi connectivity index (χ1) is 13.7. The zero-order chi connectivity index (χ0) is 21.6. The van der Waals surface area contributed by atoms with Crippen LogP contribution in [0.4, 0.5) is 0 Å². The van der Waals surface area contributed by atoms with E-state index in [9.17, 15) is 24.3 Å². The summed E-state index contributed by atoms with van der Waals surface area (Å²) in [7, 11) is 0. The van der Waals surface area contributed by atoms with Gasteiger partial charge in [-0.2, -0.15) is 0 Å². The lowest BCUT2D eigenvalue weighted by molar-refractivity contribution is -0.142. The van der Waals surface area contributed by atoms with Gasteiger partial charge in [-0.25, -0.2) is 0 Å². The number of carboxylic acid groups (broad SMARTS) is 1. The molecule has 1 aromatic rings. The summed E-state index contributed by atoms with van der Waals surface area (Å²) < 4.78 is 0. The Labute approximate surface area is 168 Å². The highest BCUT2D eigenvalue weighted by Crippen LogP contribution is 2.18. The first-order valence-electron chi connectivity index (χ1n) is 9.34. The van der Waals surface area contributed by atoms with E-state index >= 15 is 0 Å². The molecule has 2 rings (SSSR count). The Balaban J connectivity index is 2.16. The maximum atomic E-state index is 12.8. The molecule has 1 aliphatic rings. The van der Waals surface area contributed by atoms with Gasteiger partial charge in [0, 0.05) is 13.0 Å². The molecule has 1 heterocycles. The van der Waals surface area contributed by atoms with Crippen LogP contribution in [0.2, 0.25) is 0 Å². The molecule has 0 aromatic heterocycles. The highest BCUT2D eigenvalue weighted by atomic mass is 16.4. The highest BCUT2D eigenvalue weighted by Gasteiger charge is 2.35. The lowest BCUT2D eigenvalue weighted by Crippen LogP contribution is -2.56. The summed E-state index contributed by atoms with van der Waals surface area (Å²) in [6.45, 7) is 1.52. The van der Waals surface area contributed by atoms with Gasteiger partial charge in [0.1, 0.15) is 23.9 Å². The molecule has 3 atom stereocenters. The minimum atomic E-state index is -1.21. The van der Waals surface area contributed by atoms with Gasteiger partial charge >= 0.3 is 5.97 Å². The zero-order valence-corrected chi connectivity index (χ0v) is 16.1. The largest absolute Gasteiger partial charge is 0.508 e. The number of amides is 3. The predicted octanol–water partition coefficient (Wildman–Crippen LogP) is -1.04. The predicted molar refractivity (Wildman–Crippen MR) is 103 cm³/mol. The summed E-state index contributed by atoms with van der Waals surface area (Å²) >= 11 is 0. The molecule has 0 saturated carbocycles. The third-order valence-corrected chi connectivity index (χ3v) is 4.79. The number of aromatic hydroxyl groups is 1. The summed E-state index contributed by atoms with van der Waals surface area (Å²) in [4.78, 5) is 49.8. The molecule has 10 heteroatoms. The van der Waals surface area contributed by atoms with E-state index in [1.807, 2.05) is 0 Å². The van der Waals surface area contributed by atoms with Crippen LogP contribution in [0.5, 0.6) is 5.75 Å². The quantitative estimate of drug-likeness (QED) is 0.368. The van der Waals surface area contributed by atoms with Crippen molar-refractivity contribution in [3.05, 3.63) is 29.8 Å². The SMILES string of the molecule is C[C@H](NC(=O)[C@H](Cc1ccc(O)cc1)NC(=O)[C@@H]1CCCN1C(=O)CN)C(=O)O. The summed E-state index contributed by atoms with van der Waals surface area (Å²) in [5, 5.41) is 23.4.